The Bertz CT molecular complexity index is 197. The molecule has 0 aliphatic rings. The predicted molar refractivity (Wildman–Crippen MR) is 43.1 cm³/mol. The number of hydrogen-bond donors (Lipinski definition) is 0. The molecule has 0 spiro atoms. The van der Waals surface area contributed by atoms with E-state index in [-0.39, 0.29) is 0 Å². The lowest BCUT2D eigenvalue weighted by atomic mass is 10.6. The van der Waals surface area contributed by atoms with Crippen molar-refractivity contribution in [1.82, 2.24) is 4.98 Å². The molecule has 0 N–H and O–H groups in total. The highest BCUT2D eigenvalue weighted by atomic mass is 32.2. The number of aryl methyl sites for hydroxylation is 1. The minimum atomic E-state index is 0.837. The van der Waals surface area contributed by atoms with Crippen molar-refractivity contribution in [2.45, 2.75) is 19.6 Å². The summed E-state index contributed by atoms with van der Waals surface area (Å²) in [5.41, 5.74) is 0.965. The number of hydrogen-bond acceptors (Lipinski definition) is 3. The first-order valence-electron chi connectivity index (χ1n) is 3.31. The van der Waals surface area contributed by atoms with Crippen LogP contribution in [0.4, 0.5) is 0 Å². The molecule has 1 rings (SSSR count). The van der Waals surface area contributed by atoms with Gasteiger partial charge in [-0.25, -0.2) is 4.98 Å². The highest BCUT2D eigenvalue weighted by Gasteiger charge is 1.97. The Morgan fingerprint density at radius 1 is 1.70 bits per heavy atom. The van der Waals surface area contributed by atoms with E-state index in [9.17, 15) is 0 Å². The minimum Gasteiger partial charge on any atom is -0.448 e. The third-order valence-electron chi connectivity index (χ3n) is 1.10. The summed E-state index contributed by atoms with van der Waals surface area (Å²) in [5, 5.41) is 0. The Kier molecular flexibility index (Phi) is 2.81. The first-order valence-corrected chi connectivity index (χ1v) is 4.47. The molecule has 10 heavy (non-hydrogen) atoms. The zero-order valence-electron chi connectivity index (χ0n) is 6.26. The second kappa shape index (κ2) is 3.66. The SMILES string of the molecule is CCSCc1nc(C)co1. The Labute approximate surface area is 65.0 Å². The second-order valence-electron chi connectivity index (χ2n) is 2.02. The Morgan fingerprint density at radius 3 is 3.00 bits per heavy atom. The molecule has 0 aliphatic carbocycles. The third-order valence-corrected chi connectivity index (χ3v) is 1.96. The number of oxazole rings is 1. The van der Waals surface area contributed by atoms with E-state index < -0.39 is 0 Å². The van der Waals surface area contributed by atoms with E-state index >= 15 is 0 Å². The molecule has 0 saturated carbocycles. The van der Waals surface area contributed by atoms with E-state index in [0.717, 1.165) is 23.1 Å². The molecule has 0 aliphatic heterocycles. The van der Waals surface area contributed by atoms with Gasteiger partial charge in [0, 0.05) is 0 Å². The maximum atomic E-state index is 5.13. The highest BCUT2D eigenvalue weighted by molar-refractivity contribution is 7.98. The van der Waals surface area contributed by atoms with Gasteiger partial charge in [0.15, 0.2) is 0 Å². The van der Waals surface area contributed by atoms with Crippen LogP contribution in [0.1, 0.15) is 18.5 Å². The first kappa shape index (κ1) is 7.66. The number of aromatic nitrogens is 1. The van der Waals surface area contributed by atoms with Gasteiger partial charge in [-0.15, -0.1) is 0 Å². The lowest BCUT2D eigenvalue weighted by Crippen LogP contribution is -1.80. The molecule has 0 bridgehead atoms. The van der Waals surface area contributed by atoms with Gasteiger partial charge in [-0.2, -0.15) is 11.8 Å². The average molecular weight is 157 g/mol. The molecule has 0 aromatic carbocycles. The molecular formula is C7H11NOS. The van der Waals surface area contributed by atoms with Gasteiger partial charge in [0.25, 0.3) is 0 Å². The summed E-state index contributed by atoms with van der Waals surface area (Å²) >= 11 is 1.82. The van der Waals surface area contributed by atoms with Crippen LogP contribution in [0.5, 0.6) is 0 Å². The quantitative estimate of drug-likeness (QED) is 0.673. The fourth-order valence-electron chi connectivity index (χ4n) is 0.658. The molecule has 0 unspecified atom stereocenters. The van der Waals surface area contributed by atoms with E-state index in [1.807, 2.05) is 18.7 Å². The van der Waals surface area contributed by atoms with Gasteiger partial charge in [-0.3, -0.25) is 0 Å². The molecule has 0 radical (unpaired) electrons. The average Bonchev–Trinajstić information content (AvgIpc) is 2.31. The maximum absolute atomic E-state index is 5.13. The lowest BCUT2D eigenvalue weighted by Gasteiger charge is -1.89. The summed E-state index contributed by atoms with van der Waals surface area (Å²) in [6.07, 6.45) is 1.69. The number of thioether (sulfide) groups is 1. The summed E-state index contributed by atoms with van der Waals surface area (Å²) in [4.78, 5) is 4.16. The zero-order chi connectivity index (χ0) is 7.40. The standard InChI is InChI=1S/C7H11NOS/c1-3-10-5-7-8-6(2)4-9-7/h4H,3,5H2,1-2H3. The van der Waals surface area contributed by atoms with Crippen molar-refractivity contribution in [3.8, 4) is 0 Å². The van der Waals surface area contributed by atoms with Gasteiger partial charge < -0.3 is 4.42 Å². The van der Waals surface area contributed by atoms with Gasteiger partial charge in [0.1, 0.15) is 6.26 Å². The molecule has 1 aromatic rings. The van der Waals surface area contributed by atoms with Crippen LogP contribution in [-0.2, 0) is 5.75 Å². The minimum absolute atomic E-state index is 0.837. The summed E-state index contributed by atoms with van der Waals surface area (Å²) in [6.45, 7) is 4.06. The predicted octanol–water partition coefficient (Wildman–Crippen LogP) is 2.24. The van der Waals surface area contributed by atoms with E-state index in [2.05, 4.69) is 11.9 Å². The van der Waals surface area contributed by atoms with E-state index in [1.165, 1.54) is 0 Å². The largest absolute Gasteiger partial charge is 0.448 e. The van der Waals surface area contributed by atoms with E-state index in [1.54, 1.807) is 6.26 Å². The van der Waals surface area contributed by atoms with Crippen molar-refractivity contribution in [3.63, 3.8) is 0 Å². The van der Waals surface area contributed by atoms with Crippen LogP contribution < -0.4 is 0 Å². The van der Waals surface area contributed by atoms with Gasteiger partial charge >= 0.3 is 0 Å². The second-order valence-corrected chi connectivity index (χ2v) is 3.29. The van der Waals surface area contributed by atoms with Crippen LogP contribution in [0.15, 0.2) is 10.7 Å². The van der Waals surface area contributed by atoms with Gasteiger partial charge in [0.2, 0.25) is 5.89 Å². The van der Waals surface area contributed by atoms with Crippen molar-refractivity contribution in [2.75, 3.05) is 5.75 Å². The zero-order valence-corrected chi connectivity index (χ0v) is 7.07. The molecule has 2 nitrogen and oxygen atoms in total. The van der Waals surface area contributed by atoms with E-state index in [0.29, 0.717) is 0 Å². The summed E-state index contributed by atoms with van der Waals surface area (Å²) in [5.74, 6) is 2.84. The molecular weight excluding hydrogens is 146 g/mol. The molecule has 0 fully saturated rings. The van der Waals surface area contributed by atoms with Crippen molar-refractivity contribution in [2.24, 2.45) is 0 Å². The summed E-state index contributed by atoms with van der Waals surface area (Å²) < 4.78 is 5.13. The third kappa shape index (κ3) is 2.06. The normalized spacial score (nSPS) is 10.2. The summed E-state index contributed by atoms with van der Waals surface area (Å²) in [6, 6.07) is 0. The summed E-state index contributed by atoms with van der Waals surface area (Å²) in [7, 11) is 0. The van der Waals surface area contributed by atoms with Crippen LogP contribution in [-0.4, -0.2) is 10.7 Å². The number of nitrogens with zero attached hydrogens (tertiary/aromatic N) is 1. The molecule has 1 aromatic heterocycles. The Balaban J connectivity index is 2.42. The van der Waals surface area contributed by atoms with Crippen LogP contribution in [0.2, 0.25) is 0 Å². The van der Waals surface area contributed by atoms with Crippen molar-refractivity contribution < 1.29 is 4.42 Å². The Hall–Kier alpha value is -0.440. The lowest BCUT2D eigenvalue weighted by molar-refractivity contribution is 0.516. The van der Waals surface area contributed by atoms with Gasteiger partial charge in [-0.05, 0) is 12.7 Å². The molecule has 56 valence electrons. The van der Waals surface area contributed by atoms with Crippen LogP contribution in [0.3, 0.4) is 0 Å². The molecule has 3 heteroatoms. The Morgan fingerprint density at radius 2 is 2.50 bits per heavy atom. The fourth-order valence-corrected chi connectivity index (χ4v) is 1.17. The van der Waals surface area contributed by atoms with Crippen molar-refractivity contribution in [3.05, 3.63) is 17.8 Å². The fraction of sp³-hybridized carbons (Fsp3) is 0.571. The first-order chi connectivity index (χ1) is 4.83. The molecule has 1 heterocycles. The van der Waals surface area contributed by atoms with Gasteiger partial charge in [0.05, 0.1) is 11.4 Å². The van der Waals surface area contributed by atoms with Crippen LogP contribution >= 0.6 is 11.8 Å². The van der Waals surface area contributed by atoms with Crippen molar-refractivity contribution in [1.29, 1.82) is 0 Å². The maximum Gasteiger partial charge on any atom is 0.204 e. The molecule has 0 saturated heterocycles. The molecule has 0 amide bonds. The topological polar surface area (TPSA) is 26.0 Å². The van der Waals surface area contributed by atoms with Gasteiger partial charge in [-0.1, -0.05) is 6.92 Å². The smallest absolute Gasteiger partial charge is 0.204 e. The van der Waals surface area contributed by atoms with E-state index in [4.69, 9.17) is 4.42 Å². The molecule has 0 atom stereocenters. The number of rotatable bonds is 3. The van der Waals surface area contributed by atoms with Crippen LogP contribution in [0.25, 0.3) is 0 Å². The monoisotopic (exact) mass is 157 g/mol. The van der Waals surface area contributed by atoms with Crippen molar-refractivity contribution >= 4 is 11.8 Å². The highest BCUT2D eigenvalue weighted by Crippen LogP contribution is 2.10. The van der Waals surface area contributed by atoms with Crippen LogP contribution in [0, 0.1) is 6.92 Å².